The quantitative estimate of drug-likeness (QED) is 0.538. The number of Topliss-reactive ketones (excluding diaryl/α,β-unsaturated/α-hetero) is 1. The first-order valence-corrected chi connectivity index (χ1v) is 9.94. The third-order valence-electron chi connectivity index (χ3n) is 5.04. The van der Waals surface area contributed by atoms with Crippen LogP contribution >= 0.6 is 11.3 Å². The molecule has 0 radical (unpaired) electrons. The lowest BCUT2D eigenvalue weighted by Crippen LogP contribution is -2.37. The van der Waals surface area contributed by atoms with Crippen LogP contribution in [0, 0.1) is 13.8 Å². The molecule has 2 aromatic heterocycles. The van der Waals surface area contributed by atoms with E-state index in [0.29, 0.717) is 28.2 Å². The van der Waals surface area contributed by atoms with Crippen molar-refractivity contribution >= 4 is 29.0 Å². The second-order valence-electron chi connectivity index (χ2n) is 6.73. The van der Waals surface area contributed by atoms with E-state index >= 15 is 0 Å². The average Bonchev–Trinajstić information content (AvgIpc) is 3.27. The Hall–Kier alpha value is -2.41. The maximum atomic E-state index is 13.1. The van der Waals surface area contributed by atoms with Gasteiger partial charge in [-0.2, -0.15) is 0 Å². The summed E-state index contributed by atoms with van der Waals surface area (Å²) in [7, 11) is 1.33. The zero-order valence-electron chi connectivity index (χ0n) is 16.1. The Morgan fingerprint density at radius 1 is 1.30 bits per heavy atom. The van der Waals surface area contributed by atoms with Crippen molar-refractivity contribution in [3.8, 4) is 0 Å². The SMILES string of the molecule is CCn1c(C)c(C(=O)CN(C(=O)c2cccs2)C2CC2)c(C)c1C(=O)OC. The number of ether oxygens (including phenoxy) is 1. The summed E-state index contributed by atoms with van der Waals surface area (Å²) >= 11 is 1.38. The van der Waals surface area contributed by atoms with Crippen LogP contribution in [0.4, 0.5) is 0 Å². The number of carbonyl (C=O) groups excluding carboxylic acids is 3. The van der Waals surface area contributed by atoms with Gasteiger partial charge in [-0.15, -0.1) is 11.3 Å². The Balaban J connectivity index is 1.92. The predicted molar refractivity (Wildman–Crippen MR) is 104 cm³/mol. The molecular weight excluding hydrogens is 364 g/mol. The first kappa shape index (κ1) is 19.4. The lowest BCUT2D eigenvalue weighted by atomic mass is 10.0. The van der Waals surface area contributed by atoms with Gasteiger partial charge in [-0.3, -0.25) is 9.59 Å². The van der Waals surface area contributed by atoms with Crippen molar-refractivity contribution in [3.05, 3.63) is 44.9 Å². The zero-order valence-corrected chi connectivity index (χ0v) is 16.9. The highest BCUT2D eigenvalue weighted by atomic mass is 32.1. The highest BCUT2D eigenvalue weighted by Gasteiger charge is 2.36. The minimum Gasteiger partial charge on any atom is -0.464 e. The van der Waals surface area contributed by atoms with Gasteiger partial charge in [-0.1, -0.05) is 6.07 Å². The number of thiophene rings is 1. The molecule has 1 amide bonds. The van der Waals surface area contributed by atoms with Gasteiger partial charge in [0.05, 0.1) is 18.5 Å². The third kappa shape index (κ3) is 3.56. The topological polar surface area (TPSA) is 68.6 Å². The number of hydrogen-bond acceptors (Lipinski definition) is 5. The van der Waals surface area contributed by atoms with E-state index in [1.807, 2.05) is 25.3 Å². The number of hydrogen-bond donors (Lipinski definition) is 0. The Labute approximate surface area is 162 Å². The summed E-state index contributed by atoms with van der Waals surface area (Å²) in [6.07, 6.45) is 1.84. The summed E-state index contributed by atoms with van der Waals surface area (Å²) < 4.78 is 6.69. The van der Waals surface area contributed by atoms with E-state index < -0.39 is 5.97 Å². The van der Waals surface area contributed by atoms with E-state index in [9.17, 15) is 14.4 Å². The number of ketones is 1. The van der Waals surface area contributed by atoms with Crippen molar-refractivity contribution in [1.82, 2.24) is 9.47 Å². The summed E-state index contributed by atoms with van der Waals surface area (Å²) in [5.74, 6) is -0.691. The molecule has 3 rings (SSSR count). The van der Waals surface area contributed by atoms with E-state index in [1.165, 1.54) is 18.4 Å². The third-order valence-corrected chi connectivity index (χ3v) is 5.89. The van der Waals surface area contributed by atoms with Gasteiger partial charge >= 0.3 is 5.97 Å². The number of amides is 1. The summed E-state index contributed by atoms with van der Waals surface area (Å²) in [5, 5.41) is 1.86. The average molecular weight is 388 g/mol. The van der Waals surface area contributed by atoms with E-state index in [2.05, 4.69) is 0 Å². The van der Waals surface area contributed by atoms with Gasteiger partial charge in [0.15, 0.2) is 5.78 Å². The summed E-state index contributed by atoms with van der Waals surface area (Å²) in [5.41, 5.74) is 2.27. The van der Waals surface area contributed by atoms with Crippen LogP contribution in [0.5, 0.6) is 0 Å². The molecule has 1 aliphatic rings. The maximum absolute atomic E-state index is 13.1. The van der Waals surface area contributed by atoms with Crippen LogP contribution in [0.2, 0.25) is 0 Å². The van der Waals surface area contributed by atoms with E-state index in [4.69, 9.17) is 4.74 Å². The second kappa shape index (κ2) is 7.68. The molecule has 0 atom stereocenters. The molecule has 1 aliphatic carbocycles. The Kier molecular flexibility index (Phi) is 5.51. The van der Waals surface area contributed by atoms with Crippen LogP contribution in [0.1, 0.15) is 61.5 Å². The van der Waals surface area contributed by atoms with Gasteiger partial charge in [-0.25, -0.2) is 4.79 Å². The standard InChI is InChI=1S/C20H24N2O4S/c1-5-21-13(3)17(12(2)18(21)20(25)26-4)15(23)11-22(14-8-9-14)19(24)16-7-6-10-27-16/h6-7,10,14H,5,8-9,11H2,1-4H3. The predicted octanol–water partition coefficient (Wildman–Crippen LogP) is 3.46. The molecule has 144 valence electrons. The number of rotatable bonds is 7. The molecule has 0 aromatic carbocycles. The van der Waals surface area contributed by atoms with Crippen LogP contribution in [0.25, 0.3) is 0 Å². The highest BCUT2D eigenvalue weighted by molar-refractivity contribution is 7.12. The summed E-state index contributed by atoms with van der Waals surface area (Å²) in [4.78, 5) is 40.5. The molecule has 1 saturated carbocycles. The van der Waals surface area contributed by atoms with Crippen molar-refractivity contribution in [1.29, 1.82) is 0 Å². The van der Waals surface area contributed by atoms with Gasteiger partial charge in [0.25, 0.3) is 5.91 Å². The molecule has 0 aliphatic heterocycles. The summed E-state index contributed by atoms with van der Waals surface area (Å²) in [6.45, 7) is 6.10. The molecule has 27 heavy (non-hydrogen) atoms. The zero-order chi connectivity index (χ0) is 19.7. The molecule has 0 bridgehead atoms. The van der Waals surface area contributed by atoms with Crippen molar-refractivity contribution in [2.45, 2.75) is 46.2 Å². The number of aromatic nitrogens is 1. The van der Waals surface area contributed by atoms with Crippen LogP contribution in [0.3, 0.4) is 0 Å². The Morgan fingerprint density at radius 2 is 2.00 bits per heavy atom. The monoisotopic (exact) mass is 388 g/mol. The van der Waals surface area contributed by atoms with Crippen LogP contribution < -0.4 is 0 Å². The van der Waals surface area contributed by atoms with Crippen molar-refractivity contribution in [2.24, 2.45) is 0 Å². The molecule has 0 N–H and O–H groups in total. The molecule has 0 saturated heterocycles. The molecule has 2 heterocycles. The number of carbonyl (C=O) groups is 3. The molecular formula is C20H24N2O4S. The van der Waals surface area contributed by atoms with E-state index in [0.717, 1.165) is 18.5 Å². The minimum atomic E-state index is -0.454. The second-order valence-corrected chi connectivity index (χ2v) is 7.68. The molecule has 6 nitrogen and oxygen atoms in total. The molecule has 1 fully saturated rings. The van der Waals surface area contributed by atoms with Gasteiger partial charge in [0, 0.05) is 23.8 Å². The van der Waals surface area contributed by atoms with Crippen LogP contribution in [-0.4, -0.2) is 46.8 Å². The van der Waals surface area contributed by atoms with Gasteiger partial charge in [0.2, 0.25) is 0 Å². The van der Waals surface area contributed by atoms with E-state index in [1.54, 1.807) is 22.5 Å². The molecule has 0 spiro atoms. The highest BCUT2D eigenvalue weighted by Crippen LogP contribution is 2.30. The van der Waals surface area contributed by atoms with E-state index in [-0.39, 0.29) is 24.3 Å². The lowest BCUT2D eigenvalue weighted by molar-refractivity contribution is 0.0587. The normalized spacial score (nSPS) is 13.5. The van der Waals surface area contributed by atoms with Gasteiger partial charge in [-0.05, 0) is 50.6 Å². The number of nitrogens with zero attached hydrogens (tertiary/aromatic N) is 2. The van der Waals surface area contributed by atoms with Crippen molar-refractivity contribution in [2.75, 3.05) is 13.7 Å². The van der Waals surface area contributed by atoms with Crippen molar-refractivity contribution < 1.29 is 19.1 Å². The smallest absolute Gasteiger partial charge is 0.354 e. The molecule has 2 aromatic rings. The molecule has 0 unspecified atom stereocenters. The van der Waals surface area contributed by atoms with Crippen LogP contribution in [-0.2, 0) is 11.3 Å². The van der Waals surface area contributed by atoms with Crippen LogP contribution in [0.15, 0.2) is 17.5 Å². The lowest BCUT2D eigenvalue weighted by Gasteiger charge is -2.21. The summed E-state index contributed by atoms with van der Waals surface area (Å²) in [6, 6.07) is 3.74. The fourth-order valence-electron chi connectivity index (χ4n) is 3.59. The fraction of sp³-hybridized carbons (Fsp3) is 0.450. The first-order chi connectivity index (χ1) is 12.9. The largest absolute Gasteiger partial charge is 0.464 e. The Bertz CT molecular complexity index is 878. The maximum Gasteiger partial charge on any atom is 0.354 e. The minimum absolute atomic E-state index is 0.0252. The Morgan fingerprint density at radius 3 is 2.52 bits per heavy atom. The van der Waals surface area contributed by atoms with Gasteiger partial charge < -0.3 is 14.2 Å². The number of esters is 1. The van der Waals surface area contributed by atoms with Crippen molar-refractivity contribution in [3.63, 3.8) is 0 Å². The number of methoxy groups -OCH3 is 1. The fourth-order valence-corrected chi connectivity index (χ4v) is 4.27. The molecule has 7 heteroatoms. The van der Waals surface area contributed by atoms with Gasteiger partial charge in [0.1, 0.15) is 5.69 Å². The first-order valence-electron chi connectivity index (χ1n) is 9.06.